The van der Waals surface area contributed by atoms with Crippen molar-refractivity contribution < 1.29 is 9.59 Å². The standard InChI is InChI=1S/C17H25N5O2.2ClH/c18-16(24)14-2-1-6-20-17(14)22-10-8-21(9-11-22)15(23)4-3-13-5-7-19-12-13;;/h1-2,6,13,19H,3-5,7-12H2,(H2,18,24);2*1H. The molecule has 1 unspecified atom stereocenters. The number of nitrogens with two attached hydrogens (primary N) is 1. The van der Waals surface area contributed by atoms with Crippen molar-refractivity contribution in [1.29, 1.82) is 0 Å². The molecule has 0 saturated carbocycles. The van der Waals surface area contributed by atoms with E-state index in [9.17, 15) is 9.59 Å². The fraction of sp³-hybridized carbons (Fsp3) is 0.588. The lowest BCUT2D eigenvalue weighted by Gasteiger charge is -2.36. The first kappa shape index (κ1) is 22.5. The van der Waals surface area contributed by atoms with E-state index in [-0.39, 0.29) is 30.7 Å². The van der Waals surface area contributed by atoms with Gasteiger partial charge >= 0.3 is 0 Å². The molecule has 2 amide bonds. The van der Waals surface area contributed by atoms with Gasteiger partial charge in [-0.2, -0.15) is 0 Å². The van der Waals surface area contributed by atoms with Gasteiger partial charge in [0.25, 0.3) is 5.91 Å². The normalized spacial score (nSPS) is 19.5. The Morgan fingerprint density at radius 2 is 1.96 bits per heavy atom. The van der Waals surface area contributed by atoms with Crippen molar-refractivity contribution in [1.82, 2.24) is 15.2 Å². The number of carbonyl (C=O) groups excluding carboxylic acids is 2. The van der Waals surface area contributed by atoms with E-state index in [1.807, 2.05) is 9.80 Å². The van der Waals surface area contributed by atoms with Gasteiger partial charge in [-0.15, -0.1) is 24.8 Å². The van der Waals surface area contributed by atoms with Gasteiger partial charge in [-0.25, -0.2) is 4.98 Å². The number of pyridine rings is 1. The van der Waals surface area contributed by atoms with Crippen molar-refractivity contribution in [3.8, 4) is 0 Å². The lowest BCUT2D eigenvalue weighted by atomic mass is 10.0. The third kappa shape index (κ3) is 5.46. The van der Waals surface area contributed by atoms with Crippen molar-refractivity contribution >= 4 is 42.4 Å². The van der Waals surface area contributed by atoms with Crippen LogP contribution in [0.4, 0.5) is 5.82 Å². The van der Waals surface area contributed by atoms with Crippen LogP contribution in [0.2, 0.25) is 0 Å². The average Bonchev–Trinajstić information content (AvgIpc) is 3.13. The summed E-state index contributed by atoms with van der Waals surface area (Å²) >= 11 is 0. The quantitative estimate of drug-likeness (QED) is 0.766. The Balaban J connectivity index is 0.00000169. The molecule has 1 aromatic rings. The smallest absolute Gasteiger partial charge is 0.252 e. The minimum absolute atomic E-state index is 0. The largest absolute Gasteiger partial charge is 0.365 e. The molecule has 26 heavy (non-hydrogen) atoms. The molecule has 0 aromatic carbocycles. The number of primary amides is 1. The molecule has 0 spiro atoms. The summed E-state index contributed by atoms with van der Waals surface area (Å²) in [6.07, 6.45) is 4.44. The topological polar surface area (TPSA) is 91.6 Å². The number of nitrogens with one attached hydrogen (secondary N) is 1. The molecule has 3 rings (SSSR count). The van der Waals surface area contributed by atoms with E-state index >= 15 is 0 Å². The summed E-state index contributed by atoms with van der Waals surface area (Å²) < 4.78 is 0. The fourth-order valence-electron chi connectivity index (χ4n) is 3.46. The fourth-order valence-corrected chi connectivity index (χ4v) is 3.46. The van der Waals surface area contributed by atoms with Gasteiger partial charge in [0.15, 0.2) is 0 Å². The van der Waals surface area contributed by atoms with Gasteiger partial charge in [-0.05, 0) is 44.0 Å². The van der Waals surface area contributed by atoms with E-state index in [4.69, 9.17) is 5.73 Å². The zero-order valence-electron chi connectivity index (χ0n) is 14.7. The second-order valence-corrected chi connectivity index (χ2v) is 6.50. The Labute approximate surface area is 166 Å². The van der Waals surface area contributed by atoms with Crippen LogP contribution in [-0.4, -0.2) is 61.0 Å². The summed E-state index contributed by atoms with van der Waals surface area (Å²) in [7, 11) is 0. The number of nitrogens with zero attached hydrogens (tertiary/aromatic N) is 3. The maximum Gasteiger partial charge on any atom is 0.252 e. The second kappa shape index (κ2) is 10.5. The Morgan fingerprint density at radius 3 is 2.58 bits per heavy atom. The minimum atomic E-state index is -0.471. The first-order valence-electron chi connectivity index (χ1n) is 8.63. The van der Waals surface area contributed by atoms with Crippen LogP contribution in [0.1, 0.15) is 29.6 Å². The van der Waals surface area contributed by atoms with Gasteiger partial charge in [0.2, 0.25) is 5.91 Å². The van der Waals surface area contributed by atoms with Crippen LogP contribution in [0.3, 0.4) is 0 Å². The van der Waals surface area contributed by atoms with Gasteiger partial charge < -0.3 is 20.9 Å². The summed E-state index contributed by atoms with van der Waals surface area (Å²) in [5.74, 6) is 1.02. The zero-order chi connectivity index (χ0) is 16.9. The molecule has 1 atom stereocenters. The van der Waals surface area contributed by atoms with Crippen molar-refractivity contribution in [2.45, 2.75) is 19.3 Å². The molecule has 0 radical (unpaired) electrons. The highest BCUT2D eigenvalue weighted by molar-refractivity contribution is 5.97. The number of hydrogen-bond acceptors (Lipinski definition) is 5. The first-order chi connectivity index (χ1) is 11.6. The first-order valence-corrected chi connectivity index (χ1v) is 8.63. The van der Waals surface area contributed by atoms with Crippen LogP contribution < -0.4 is 16.0 Å². The molecule has 3 heterocycles. The highest BCUT2D eigenvalue weighted by Gasteiger charge is 2.25. The molecule has 1 aromatic heterocycles. The van der Waals surface area contributed by atoms with Gasteiger partial charge in [-0.1, -0.05) is 0 Å². The van der Waals surface area contributed by atoms with Crippen LogP contribution >= 0.6 is 24.8 Å². The molecule has 2 saturated heterocycles. The Kier molecular flexibility index (Phi) is 9.12. The number of hydrogen-bond donors (Lipinski definition) is 2. The molecule has 0 bridgehead atoms. The molecule has 2 aliphatic heterocycles. The Hall–Kier alpha value is -1.57. The summed E-state index contributed by atoms with van der Waals surface area (Å²) in [5.41, 5.74) is 5.86. The van der Waals surface area contributed by atoms with E-state index in [1.54, 1.807) is 18.3 Å². The SMILES string of the molecule is Cl.Cl.NC(=O)c1cccnc1N1CCN(C(=O)CCC2CCNC2)CC1. The van der Waals surface area contributed by atoms with Crippen LogP contribution in [0.25, 0.3) is 0 Å². The van der Waals surface area contributed by atoms with Crippen LogP contribution in [0.15, 0.2) is 18.3 Å². The lowest BCUT2D eigenvalue weighted by molar-refractivity contribution is -0.131. The van der Waals surface area contributed by atoms with E-state index in [1.165, 1.54) is 6.42 Å². The van der Waals surface area contributed by atoms with Gasteiger partial charge in [0, 0.05) is 38.8 Å². The monoisotopic (exact) mass is 403 g/mol. The number of aromatic nitrogens is 1. The molecule has 2 fully saturated rings. The molecule has 146 valence electrons. The predicted molar refractivity (Wildman–Crippen MR) is 106 cm³/mol. The van der Waals surface area contributed by atoms with Gasteiger partial charge in [0.1, 0.15) is 5.82 Å². The van der Waals surface area contributed by atoms with Gasteiger partial charge in [0.05, 0.1) is 5.56 Å². The number of amides is 2. The van der Waals surface area contributed by atoms with Crippen LogP contribution in [0, 0.1) is 5.92 Å². The summed E-state index contributed by atoms with van der Waals surface area (Å²) in [4.78, 5) is 32.2. The molecule has 3 N–H and O–H groups in total. The third-order valence-corrected chi connectivity index (χ3v) is 4.91. The van der Waals surface area contributed by atoms with E-state index in [0.717, 1.165) is 19.5 Å². The number of carbonyl (C=O) groups is 2. The van der Waals surface area contributed by atoms with E-state index < -0.39 is 5.91 Å². The number of anilines is 1. The average molecular weight is 404 g/mol. The highest BCUT2D eigenvalue weighted by Crippen LogP contribution is 2.20. The summed E-state index contributed by atoms with van der Waals surface area (Å²) in [6.45, 7) is 4.79. The third-order valence-electron chi connectivity index (χ3n) is 4.91. The molecular weight excluding hydrogens is 377 g/mol. The maximum absolute atomic E-state index is 12.4. The summed E-state index contributed by atoms with van der Waals surface area (Å²) in [6, 6.07) is 3.40. The van der Waals surface area contributed by atoms with Crippen molar-refractivity contribution in [3.05, 3.63) is 23.9 Å². The van der Waals surface area contributed by atoms with Crippen molar-refractivity contribution in [3.63, 3.8) is 0 Å². The van der Waals surface area contributed by atoms with E-state index in [0.29, 0.717) is 49.9 Å². The maximum atomic E-state index is 12.4. The van der Waals surface area contributed by atoms with Crippen molar-refractivity contribution in [2.24, 2.45) is 11.7 Å². The van der Waals surface area contributed by atoms with Gasteiger partial charge in [-0.3, -0.25) is 9.59 Å². The minimum Gasteiger partial charge on any atom is -0.365 e. The molecule has 9 heteroatoms. The second-order valence-electron chi connectivity index (χ2n) is 6.50. The highest BCUT2D eigenvalue weighted by atomic mass is 35.5. The molecule has 2 aliphatic rings. The number of halogens is 2. The molecule has 7 nitrogen and oxygen atoms in total. The van der Waals surface area contributed by atoms with Crippen LogP contribution in [0.5, 0.6) is 0 Å². The van der Waals surface area contributed by atoms with Crippen LogP contribution in [-0.2, 0) is 4.79 Å². The molecule has 0 aliphatic carbocycles. The molecular formula is C17H27Cl2N5O2. The van der Waals surface area contributed by atoms with Crippen molar-refractivity contribution in [2.75, 3.05) is 44.2 Å². The number of rotatable bonds is 5. The number of piperazine rings is 1. The van der Waals surface area contributed by atoms with E-state index in [2.05, 4.69) is 10.3 Å². The predicted octanol–water partition coefficient (Wildman–Crippen LogP) is 1.06. The Morgan fingerprint density at radius 1 is 1.23 bits per heavy atom. The Bertz CT molecular complexity index is 603. The lowest BCUT2D eigenvalue weighted by Crippen LogP contribution is -2.49. The summed E-state index contributed by atoms with van der Waals surface area (Å²) in [5, 5.41) is 3.34. The zero-order valence-corrected chi connectivity index (χ0v) is 16.4.